The van der Waals surface area contributed by atoms with Gasteiger partial charge < -0.3 is 16.0 Å². The number of hydrazone groups is 1. The van der Waals surface area contributed by atoms with Gasteiger partial charge in [-0.25, -0.2) is 4.98 Å². The van der Waals surface area contributed by atoms with Gasteiger partial charge in [0.15, 0.2) is 0 Å². The van der Waals surface area contributed by atoms with Crippen LogP contribution in [0, 0.1) is 0 Å². The van der Waals surface area contributed by atoms with Crippen LogP contribution >= 0.6 is 0 Å². The lowest BCUT2D eigenvalue weighted by molar-refractivity contribution is 0.0944. The minimum atomic E-state index is -4.37. The molecule has 0 radical (unpaired) electrons. The average molecular weight is 554 g/mol. The summed E-state index contributed by atoms with van der Waals surface area (Å²) in [6.45, 7) is 2.67. The molecule has 0 aliphatic heterocycles. The van der Waals surface area contributed by atoms with Crippen molar-refractivity contribution in [2.75, 3.05) is 31.6 Å². The van der Waals surface area contributed by atoms with Crippen molar-refractivity contribution in [1.29, 1.82) is 0 Å². The van der Waals surface area contributed by atoms with E-state index in [1.54, 1.807) is 36.5 Å². The summed E-state index contributed by atoms with van der Waals surface area (Å²) < 4.78 is 32.1. The lowest BCUT2D eigenvalue weighted by Crippen LogP contribution is -2.28. The van der Waals surface area contributed by atoms with Crippen molar-refractivity contribution in [2.45, 2.75) is 24.2 Å². The topological polar surface area (TPSA) is 175 Å². The van der Waals surface area contributed by atoms with Gasteiger partial charge in [0, 0.05) is 37.2 Å². The monoisotopic (exact) mass is 553 g/mol. The smallest absolute Gasteiger partial charge is 0.295 e. The van der Waals surface area contributed by atoms with E-state index in [1.807, 2.05) is 0 Å². The van der Waals surface area contributed by atoms with Crippen molar-refractivity contribution in [3.63, 3.8) is 0 Å². The first-order valence-electron chi connectivity index (χ1n) is 12.3. The Morgan fingerprint density at radius 3 is 2.23 bits per heavy atom. The van der Waals surface area contributed by atoms with Crippen LogP contribution < -0.4 is 21.4 Å². The van der Waals surface area contributed by atoms with Crippen LogP contribution in [0.1, 0.15) is 45.5 Å². The second-order valence-corrected chi connectivity index (χ2v) is 9.77. The first-order chi connectivity index (χ1) is 18.8. The Hall–Kier alpha value is -4.20. The minimum absolute atomic E-state index is 0.124. The van der Waals surface area contributed by atoms with Gasteiger partial charge in [-0.1, -0.05) is 18.2 Å². The van der Waals surface area contributed by atoms with Gasteiger partial charge >= 0.3 is 0 Å². The number of pyridine rings is 2. The van der Waals surface area contributed by atoms with Crippen LogP contribution in [-0.4, -0.2) is 67.1 Å². The van der Waals surface area contributed by atoms with Crippen LogP contribution in [0.25, 0.3) is 0 Å². The summed E-state index contributed by atoms with van der Waals surface area (Å²) in [6.07, 6.45) is 8.36. The highest BCUT2D eigenvalue weighted by atomic mass is 32.2. The summed E-state index contributed by atoms with van der Waals surface area (Å²) in [5.41, 5.74) is 3.81. The maximum Gasteiger partial charge on any atom is 0.295 e. The summed E-state index contributed by atoms with van der Waals surface area (Å²) in [5.74, 6) is -0.0155. The molecule has 5 N–H and O–H groups in total. The maximum atomic E-state index is 12.3. The third-order valence-electron chi connectivity index (χ3n) is 5.41. The first-order valence-corrected chi connectivity index (χ1v) is 13.8. The molecule has 0 aliphatic rings. The summed E-state index contributed by atoms with van der Waals surface area (Å²) >= 11 is 0. The number of benzene rings is 1. The van der Waals surface area contributed by atoms with Gasteiger partial charge in [-0.2, -0.15) is 13.5 Å². The van der Waals surface area contributed by atoms with Crippen molar-refractivity contribution >= 4 is 34.0 Å². The number of amides is 2. The Bertz CT molecular complexity index is 1350. The number of aromatic nitrogens is 2. The Balaban J connectivity index is 1.26. The zero-order chi connectivity index (χ0) is 27.9. The third-order valence-corrected chi connectivity index (χ3v) is 6.34. The van der Waals surface area contributed by atoms with E-state index in [-0.39, 0.29) is 22.3 Å². The van der Waals surface area contributed by atoms with Crippen molar-refractivity contribution in [3.05, 3.63) is 83.8 Å². The predicted molar refractivity (Wildman–Crippen MR) is 147 cm³/mol. The molecule has 0 bridgehead atoms. The van der Waals surface area contributed by atoms with E-state index in [1.165, 1.54) is 36.8 Å². The Morgan fingerprint density at radius 1 is 0.846 bits per heavy atom. The Labute approximate surface area is 227 Å². The number of carbonyl (C=O) groups is 2. The van der Waals surface area contributed by atoms with Crippen molar-refractivity contribution in [2.24, 2.45) is 5.10 Å². The van der Waals surface area contributed by atoms with E-state index in [4.69, 9.17) is 0 Å². The lowest BCUT2D eigenvalue weighted by Gasteiger charge is -2.08. The molecule has 206 valence electrons. The van der Waals surface area contributed by atoms with E-state index in [2.05, 4.69) is 36.4 Å². The first kappa shape index (κ1) is 29.4. The Morgan fingerprint density at radius 2 is 1.54 bits per heavy atom. The fraction of sp³-hybridized carbons (Fsp3) is 0.269. The van der Waals surface area contributed by atoms with E-state index in [0.29, 0.717) is 30.0 Å². The molecule has 0 spiro atoms. The molecule has 1 aromatic carbocycles. The number of hydrogen-bond acceptors (Lipinski definition) is 9. The number of unbranched alkanes of at least 4 members (excludes halogenated alkanes) is 1. The second-order valence-electron chi connectivity index (χ2n) is 8.38. The lowest BCUT2D eigenvalue weighted by atomic mass is 10.2. The van der Waals surface area contributed by atoms with E-state index < -0.39 is 10.1 Å². The van der Waals surface area contributed by atoms with Gasteiger partial charge in [0.1, 0.15) is 10.7 Å². The van der Waals surface area contributed by atoms with Crippen molar-refractivity contribution < 1.29 is 22.6 Å². The number of rotatable bonds is 15. The molecule has 3 aromatic rings. The molecular formula is C26H31N7O5S. The Kier molecular flexibility index (Phi) is 11.5. The molecule has 2 heterocycles. The number of anilines is 1. The fourth-order valence-corrected chi connectivity index (χ4v) is 4.07. The molecule has 0 saturated carbocycles. The third kappa shape index (κ3) is 10.2. The van der Waals surface area contributed by atoms with Crippen LogP contribution in [0.2, 0.25) is 0 Å². The average Bonchev–Trinajstić information content (AvgIpc) is 2.94. The van der Waals surface area contributed by atoms with Crippen LogP contribution in [0.4, 0.5) is 5.82 Å². The van der Waals surface area contributed by atoms with Gasteiger partial charge in [0.2, 0.25) is 0 Å². The SMILES string of the molecule is O=C(NCCCCNCCCNC(=O)c1ccc(NN=Cc2ccccc2S(=O)(=O)O)nc1)c1cccnc1. The van der Waals surface area contributed by atoms with E-state index in [9.17, 15) is 22.6 Å². The molecule has 2 amide bonds. The van der Waals surface area contributed by atoms with Gasteiger partial charge in [-0.05, 0) is 62.7 Å². The molecule has 12 nitrogen and oxygen atoms in total. The highest BCUT2D eigenvalue weighted by Gasteiger charge is 2.13. The molecule has 3 rings (SSSR count). The van der Waals surface area contributed by atoms with E-state index in [0.717, 1.165) is 32.4 Å². The largest absolute Gasteiger partial charge is 0.352 e. The molecule has 13 heteroatoms. The number of nitrogens with one attached hydrogen (secondary N) is 4. The minimum Gasteiger partial charge on any atom is -0.352 e. The predicted octanol–water partition coefficient (Wildman–Crippen LogP) is 2.09. The van der Waals surface area contributed by atoms with Gasteiger partial charge in [0.05, 0.1) is 17.3 Å². The molecule has 0 saturated heterocycles. The van der Waals surface area contributed by atoms with Crippen LogP contribution in [-0.2, 0) is 10.1 Å². The zero-order valence-electron chi connectivity index (χ0n) is 21.2. The molecule has 39 heavy (non-hydrogen) atoms. The fourth-order valence-electron chi connectivity index (χ4n) is 3.40. The summed E-state index contributed by atoms with van der Waals surface area (Å²) in [7, 11) is -4.37. The molecule has 0 unspecified atom stereocenters. The molecular weight excluding hydrogens is 522 g/mol. The second kappa shape index (κ2) is 15.3. The number of carbonyl (C=O) groups excluding carboxylic acids is 2. The highest BCUT2D eigenvalue weighted by Crippen LogP contribution is 2.13. The number of nitrogens with zero attached hydrogens (tertiary/aromatic N) is 3. The van der Waals surface area contributed by atoms with E-state index >= 15 is 0 Å². The van der Waals surface area contributed by atoms with Gasteiger partial charge in [0.25, 0.3) is 21.9 Å². The summed E-state index contributed by atoms with van der Waals surface area (Å²) in [6, 6.07) is 12.5. The zero-order valence-corrected chi connectivity index (χ0v) is 22.0. The summed E-state index contributed by atoms with van der Waals surface area (Å²) in [4.78, 5) is 32.0. The van der Waals surface area contributed by atoms with Gasteiger partial charge in [-0.3, -0.25) is 24.6 Å². The normalized spacial score (nSPS) is 11.3. The number of hydrogen-bond donors (Lipinski definition) is 5. The van der Waals surface area contributed by atoms with Crippen LogP contribution in [0.3, 0.4) is 0 Å². The van der Waals surface area contributed by atoms with Gasteiger partial charge in [-0.15, -0.1) is 0 Å². The van der Waals surface area contributed by atoms with Crippen molar-refractivity contribution in [1.82, 2.24) is 25.9 Å². The standard InChI is InChI=1S/C26H31N7O5S/c34-25(21-8-5-13-28-17-21)29-15-4-3-12-27-14-6-16-30-26(35)22-10-11-24(31-18-22)33-32-19-20-7-1-2-9-23(20)39(36,37)38/h1-2,5,7-11,13,17-19,27H,3-4,6,12,14-16H2,(H,29,34)(H,30,35)(H,31,33)(H,36,37,38). The maximum absolute atomic E-state index is 12.3. The van der Waals surface area contributed by atoms with Crippen LogP contribution in [0.15, 0.2) is 77.1 Å². The van der Waals surface area contributed by atoms with Crippen molar-refractivity contribution in [3.8, 4) is 0 Å². The quantitative estimate of drug-likeness (QED) is 0.0817. The summed E-state index contributed by atoms with van der Waals surface area (Å²) in [5, 5.41) is 13.0. The molecule has 2 aromatic heterocycles. The molecule has 0 fully saturated rings. The molecule has 0 aliphatic carbocycles. The highest BCUT2D eigenvalue weighted by molar-refractivity contribution is 7.86. The van der Waals surface area contributed by atoms with Crippen LogP contribution in [0.5, 0.6) is 0 Å². The molecule has 0 atom stereocenters.